The summed E-state index contributed by atoms with van der Waals surface area (Å²) >= 11 is 3.03. The maximum atomic E-state index is 12.7. The number of carbonyl (C=O) groups excluding carboxylic acids is 1. The first-order valence-electron chi connectivity index (χ1n) is 12.1. The summed E-state index contributed by atoms with van der Waals surface area (Å²) in [6.45, 7) is 6.51. The summed E-state index contributed by atoms with van der Waals surface area (Å²) in [5.41, 5.74) is 6.03. The molecule has 2 heterocycles. The molecule has 0 bridgehead atoms. The van der Waals surface area contributed by atoms with Gasteiger partial charge in [-0.2, -0.15) is 0 Å². The van der Waals surface area contributed by atoms with Crippen molar-refractivity contribution >= 4 is 50.6 Å². The zero-order chi connectivity index (χ0) is 26.6. The van der Waals surface area contributed by atoms with Crippen LogP contribution in [0.5, 0.6) is 0 Å². The summed E-state index contributed by atoms with van der Waals surface area (Å²) in [4.78, 5) is 19.5. The Hall–Kier alpha value is -3.95. The number of rotatable bonds is 9. The molecule has 192 valence electrons. The van der Waals surface area contributed by atoms with E-state index < -0.39 is 0 Å². The van der Waals surface area contributed by atoms with E-state index in [9.17, 15) is 4.79 Å². The van der Waals surface area contributed by atoms with E-state index in [0.717, 1.165) is 38.9 Å². The molecule has 7 nitrogen and oxygen atoms in total. The van der Waals surface area contributed by atoms with E-state index in [4.69, 9.17) is 4.98 Å². The number of allylic oxidation sites excluding steroid dienone is 1. The minimum atomic E-state index is -0.109. The van der Waals surface area contributed by atoms with Gasteiger partial charge in [0.15, 0.2) is 11.0 Å². The molecule has 0 radical (unpaired) electrons. The van der Waals surface area contributed by atoms with Crippen LogP contribution in [0.25, 0.3) is 32.2 Å². The predicted octanol–water partition coefficient (Wildman–Crippen LogP) is 6.51. The van der Waals surface area contributed by atoms with Crippen molar-refractivity contribution in [3.05, 3.63) is 84.9 Å². The lowest BCUT2D eigenvalue weighted by atomic mass is 10.2. The van der Waals surface area contributed by atoms with Gasteiger partial charge in [0.05, 0.1) is 16.0 Å². The highest BCUT2D eigenvalue weighted by molar-refractivity contribution is 7.99. The molecule has 5 aromatic rings. The van der Waals surface area contributed by atoms with Gasteiger partial charge in [-0.25, -0.2) is 4.98 Å². The van der Waals surface area contributed by atoms with Crippen LogP contribution in [-0.4, -0.2) is 45.5 Å². The Balaban J connectivity index is 1.25. The van der Waals surface area contributed by atoms with Gasteiger partial charge >= 0.3 is 0 Å². The molecule has 0 atom stereocenters. The van der Waals surface area contributed by atoms with Gasteiger partial charge in [-0.1, -0.05) is 36.0 Å². The SMILES string of the molecule is C=CCn1c(SCC(=O)Nc2ccc(-c3nc4ccc(C)cc4s3)cc2)nnc1-c1cccc(N(C)C)c1. The van der Waals surface area contributed by atoms with Crippen LogP contribution in [0.15, 0.2) is 84.5 Å². The van der Waals surface area contributed by atoms with Gasteiger partial charge in [-0.3, -0.25) is 9.36 Å². The summed E-state index contributed by atoms with van der Waals surface area (Å²) in [6.07, 6.45) is 1.81. The highest BCUT2D eigenvalue weighted by Gasteiger charge is 2.16. The van der Waals surface area contributed by atoms with Crippen molar-refractivity contribution in [2.45, 2.75) is 18.6 Å². The Morgan fingerprint density at radius 1 is 1.08 bits per heavy atom. The highest BCUT2D eigenvalue weighted by Crippen LogP contribution is 2.31. The first-order chi connectivity index (χ1) is 18.4. The summed E-state index contributed by atoms with van der Waals surface area (Å²) < 4.78 is 3.15. The van der Waals surface area contributed by atoms with E-state index in [0.29, 0.717) is 11.7 Å². The number of amides is 1. The third kappa shape index (κ3) is 5.64. The van der Waals surface area contributed by atoms with Crippen LogP contribution in [0.4, 0.5) is 11.4 Å². The molecule has 0 saturated heterocycles. The van der Waals surface area contributed by atoms with E-state index in [1.54, 1.807) is 17.4 Å². The summed E-state index contributed by atoms with van der Waals surface area (Å²) in [5, 5.41) is 13.4. The first-order valence-corrected chi connectivity index (χ1v) is 13.9. The Bertz CT molecular complexity index is 1600. The molecule has 0 aliphatic rings. The topological polar surface area (TPSA) is 75.9 Å². The van der Waals surface area contributed by atoms with E-state index in [2.05, 4.69) is 53.3 Å². The lowest BCUT2D eigenvalue weighted by Crippen LogP contribution is -2.14. The predicted molar refractivity (Wildman–Crippen MR) is 159 cm³/mol. The number of aryl methyl sites for hydroxylation is 1. The van der Waals surface area contributed by atoms with Crippen molar-refractivity contribution in [3.63, 3.8) is 0 Å². The summed E-state index contributed by atoms with van der Waals surface area (Å²) in [5.74, 6) is 0.853. The number of benzene rings is 3. The molecule has 5 rings (SSSR count). The van der Waals surface area contributed by atoms with Gasteiger partial charge in [-0.15, -0.1) is 28.1 Å². The van der Waals surface area contributed by atoms with Crippen LogP contribution < -0.4 is 10.2 Å². The molecule has 0 aliphatic heterocycles. The van der Waals surface area contributed by atoms with Crippen molar-refractivity contribution in [1.29, 1.82) is 0 Å². The fourth-order valence-corrected chi connectivity index (χ4v) is 5.82. The molecule has 1 amide bonds. The largest absolute Gasteiger partial charge is 0.378 e. The number of nitrogens with one attached hydrogen (secondary N) is 1. The average Bonchev–Trinajstić information content (AvgIpc) is 3.52. The number of carbonyl (C=O) groups is 1. The molecule has 38 heavy (non-hydrogen) atoms. The molecule has 0 saturated carbocycles. The quantitative estimate of drug-likeness (QED) is 0.170. The van der Waals surface area contributed by atoms with Crippen molar-refractivity contribution in [2.24, 2.45) is 0 Å². The highest BCUT2D eigenvalue weighted by atomic mass is 32.2. The molecule has 1 N–H and O–H groups in total. The third-order valence-corrected chi connectivity index (χ3v) is 7.98. The summed E-state index contributed by atoms with van der Waals surface area (Å²) in [6, 6.07) is 22.2. The maximum Gasteiger partial charge on any atom is 0.234 e. The Kier molecular flexibility index (Phi) is 7.57. The first kappa shape index (κ1) is 25.7. The van der Waals surface area contributed by atoms with Crippen LogP contribution in [0, 0.1) is 6.92 Å². The monoisotopic (exact) mass is 540 g/mol. The van der Waals surface area contributed by atoms with Crippen LogP contribution in [0.1, 0.15) is 5.56 Å². The molecule has 0 unspecified atom stereocenters. The fraction of sp³-hybridized carbons (Fsp3) is 0.172. The molecule has 2 aromatic heterocycles. The molecule has 9 heteroatoms. The second kappa shape index (κ2) is 11.2. The van der Waals surface area contributed by atoms with Gasteiger partial charge in [0.1, 0.15) is 5.01 Å². The number of anilines is 2. The molecule has 0 aliphatic carbocycles. The minimum Gasteiger partial charge on any atom is -0.378 e. The zero-order valence-electron chi connectivity index (χ0n) is 21.5. The second-order valence-corrected chi connectivity index (χ2v) is 11.0. The van der Waals surface area contributed by atoms with Gasteiger partial charge in [0.2, 0.25) is 5.91 Å². The molecular weight excluding hydrogens is 512 g/mol. The van der Waals surface area contributed by atoms with Crippen molar-refractivity contribution in [3.8, 4) is 22.0 Å². The van der Waals surface area contributed by atoms with Crippen LogP contribution in [-0.2, 0) is 11.3 Å². The van der Waals surface area contributed by atoms with E-state index >= 15 is 0 Å². The smallest absolute Gasteiger partial charge is 0.234 e. The minimum absolute atomic E-state index is 0.109. The normalized spacial score (nSPS) is 11.0. The average molecular weight is 541 g/mol. The molecule has 3 aromatic carbocycles. The van der Waals surface area contributed by atoms with E-state index in [1.807, 2.05) is 66.0 Å². The van der Waals surface area contributed by atoms with Crippen LogP contribution in [0.2, 0.25) is 0 Å². The van der Waals surface area contributed by atoms with E-state index in [1.165, 1.54) is 22.0 Å². The number of thioether (sulfide) groups is 1. The lowest BCUT2D eigenvalue weighted by molar-refractivity contribution is -0.113. The van der Waals surface area contributed by atoms with Gasteiger partial charge in [0, 0.05) is 43.1 Å². The van der Waals surface area contributed by atoms with E-state index in [-0.39, 0.29) is 11.7 Å². The standard InChI is InChI=1S/C29H28N6OS2/c1-5-15-35-27(21-7-6-8-23(17-21)34(3)4)32-33-29(35)37-18-26(36)30-22-12-10-20(11-13-22)28-31-24-14-9-19(2)16-25(24)38-28/h5-14,16-17H,1,15,18H2,2-4H3,(H,30,36). The number of fused-ring (bicyclic) bond motifs is 1. The Morgan fingerprint density at radius 3 is 2.66 bits per heavy atom. The number of nitrogens with zero attached hydrogens (tertiary/aromatic N) is 5. The summed E-state index contributed by atoms with van der Waals surface area (Å²) in [7, 11) is 4.01. The number of hydrogen-bond donors (Lipinski definition) is 1. The Labute approximate surface area is 230 Å². The maximum absolute atomic E-state index is 12.7. The van der Waals surface area contributed by atoms with Crippen LogP contribution >= 0.6 is 23.1 Å². The molecule has 0 fully saturated rings. The van der Waals surface area contributed by atoms with Gasteiger partial charge in [0.25, 0.3) is 0 Å². The second-order valence-electron chi connectivity index (χ2n) is 9.05. The number of hydrogen-bond acceptors (Lipinski definition) is 7. The molecule has 0 spiro atoms. The van der Waals surface area contributed by atoms with Crippen molar-refractivity contribution in [1.82, 2.24) is 19.7 Å². The number of thiazole rings is 1. The zero-order valence-corrected chi connectivity index (χ0v) is 23.1. The lowest BCUT2D eigenvalue weighted by Gasteiger charge is -2.14. The van der Waals surface area contributed by atoms with Gasteiger partial charge in [-0.05, 0) is 61.0 Å². The number of aromatic nitrogens is 4. The van der Waals surface area contributed by atoms with Gasteiger partial charge < -0.3 is 10.2 Å². The van der Waals surface area contributed by atoms with Crippen LogP contribution in [0.3, 0.4) is 0 Å². The van der Waals surface area contributed by atoms with Crippen molar-refractivity contribution < 1.29 is 4.79 Å². The Morgan fingerprint density at radius 2 is 1.89 bits per heavy atom. The molecular formula is C29H28N6OS2. The van der Waals surface area contributed by atoms with Crippen molar-refractivity contribution in [2.75, 3.05) is 30.1 Å². The fourth-order valence-electron chi connectivity index (χ4n) is 4.00. The third-order valence-electron chi connectivity index (χ3n) is 5.94.